The number of carboxylic acids is 1. The van der Waals surface area contributed by atoms with Crippen molar-refractivity contribution in [3.8, 4) is 6.07 Å². The number of hydrogen-bond acceptors (Lipinski definition) is 3. The van der Waals surface area contributed by atoms with E-state index in [0.717, 1.165) is 5.56 Å². The van der Waals surface area contributed by atoms with Gasteiger partial charge >= 0.3 is 5.97 Å². The van der Waals surface area contributed by atoms with E-state index in [1.165, 1.54) is 12.1 Å². The van der Waals surface area contributed by atoms with Crippen molar-refractivity contribution in [1.29, 1.82) is 5.26 Å². The standard InChI is InChI=1S/C12H13NO3/c13-8-7-11(14)6-3-9-1-4-10(5-2-9)12(15)16/h1-2,4-5,11,14H,3,6-7H2,(H,15,16). The molecule has 1 unspecified atom stereocenters. The molecule has 0 spiro atoms. The molecule has 4 heteroatoms. The smallest absolute Gasteiger partial charge is 0.335 e. The molecule has 0 saturated carbocycles. The molecule has 0 fully saturated rings. The van der Waals surface area contributed by atoms with Gasteiger partial charge in [0.05, 0.1) is 24.2 Å². The van der Waals surface area contributed by atoms with Gasteiger partial charge in [-0.05, 0) is 30.5 Å². The highest BCUT2D eigenvalue weighted by molar-refractivity contribution is 5.87. The zero-order chi connectivity index (χ0) is 12.0. The van der Waals surface area contributed by atoms with E-state index in [4.69, 9.17) is 10.4 Å². The van der Waals surface area contributed by atoms with Gasteiger partial charge < -0.3 is 10.2 Å². The van der Waals surface area contributed by atoms with Gasteiger partial charge in [0.1, 0.15) is 0 Å². The largest absolute Gasteiger partial charge is 0.478 e. The van der Waals surface area contributed by atoms with Gasteiger partial charge in [0, 0.05) is 0 Å². The second-order valence-electron chi connectivity index (χ2n) is 3.56. The Morgan fingerprint density at radius 3 is 2.50 bits per heavy atom. The first-order valence-corrected chi connectivity index (χ1v) is 5.00. The molecular formula is C12H13NO3. The van der Waals surface area contributed by atoms with Gasteiger partial charge in [-0.1, -0.05) is 12.1 Å². The fourth-order valence-electron chi connectivity index (χ4n) is 1.35. The van der Waals surface area contributed by atoms with Crippen molar-refractivity contribution in [1.82, 2.24) is 0 Å². The molecule has 0 amide bonds. The van der Waals surface area contributed by atoms with E-state index in [2.05, 4.69) is 0 Å². The number of hydrogen-bond donors (Lipinski definition) is 2. The van der Waals surface area contributed by atoms with Crippen LogP contribution in [0.2, 0.25) is 0 Å². The van der Waals surface area contributed by atoms with Gasteiger partial charge in [0.15, 0.2) is 0 Å². The molecule has 0 radical (unpaired) electrons. The summed E-state index contributed by atoms with van der Waals surface area (Å²) in [6.07, 6.45) is 0.680. The van der Waals surface area contributed by atoms with Crippen molar-refractivity contribution < 1.29 is 15.0 Å². The highest BCUT2D eigenvalue weighted by atomic mass is 16.4. The highest BCUT2D eigenvalue weighted by Crippen LogP contribution is 2.09. The van der Waals surface area contributed by atoms with Gasteiger partial charge in [0.25, 0.3) is 0 Å². The monoisotopic (exact) mass is 219 g/mol. The van der Waals surface area contributed by atoms with Crippen LogP contribution in [0.4, 0.5) is 0 Å². The molecule has 0 bridgehead atoms. The van der Waals surface area contributed by atoms with E-state index in [9.17, 15) is 9.90 Å². The molecule has 0 aromatic heterocycles. The molecule has 0 aliphatic carbocycles. The molecule has 0 heterocycles. The molecule has 1 rings (SSSR count). The number of carbonyl (C=O) groups is 1. The maximum Gasteiger partial charge on any atom is 0.335 e. The van der Waals surface area contributed by atoms with Crippen LogP contribution in [0, 0.1) is 11.3 Å². The summed E-state index contributed by atoms with van der Waals surface area (Å²) in [5.74, 6) is -0.948. The minimum atomic E-state index is -0.948. The predicted molar refractivity (Wildman–Crippen MR) is 58.0 cm³/mol. The Labute approximate surface area is 93.8 Å². The third-order valence-corrected chi connectivity index (χ3v) is 2.29. The number of benzene rings is 1. The lowest BCUT2D eigenvalue weighted by Gasteiger charge is -2.06. The number of aryl methyl sites for hydroxylation is 1. The van der Waals surface area contributed by atoms with E-state index in [-0.39, 0.29) is 12.0 Å². The normalized spacial score (nSPS) is 11.8. The van der Waals surface area contributed by atoms with Crippen molar-refractivity contribution in [3.63, 3.8) is 0 Å². The topological polar surface area (TPSA) is 81.3 Å². The summed E-state index contributed by atoms with van der Waals surface area (Å²) < 4.78 is 0. The van der Waals surface area contributed by atoms with Crippen LogP contribution in [-0.2, 0) is 6.42 Å². The Morgan fingerprint density at radius 2 is 2.00 bits per heavy atom. The molecular weight excluding hydrogens is 206 g/mol. The maximum atomic E-state index is 10.6. The quantitative estimate of drug-likeness (QED) is 0.787. The molecule has 0 aliphatic heterocycles. The number of nitrogens with zero attached hydrogens (tertiary/aromatic N) is 1. The molecule has 16 heavy (non-hydrogen) atoms. The summed E-state index contributed by atoms with van der Waals surface area (Å²) in [4.78, 5) is 10.6. The van der Waals surface area contributed by atoms with Gasteiger partial charge in [-0.15, -0.1) is 0 Å². The molecule has 2 N–H and O–H groups in total. The van der Waals surface area contributed by atoms with Crippen LogP contribution in [0.5, 0.6) is 0 Å². The lowest BCUT2D eigenvalue weighted by molar-refractivity contribution is 0.0697. The molecule has 0 aliphatic rings. The Bertz CT molecular complexity index is 392. The summed E-state index contributed by atoms with van der Waals surface area (Å²) in [5, 5.41) is 26.4. The molecule has 4 nitrogen and oxygen atoms in total. The summed E-state index contributed by atoms with van der Waals surface area (Å²) >= 11 is 0. The number of aliphatic hydroxyl groups excluding tert-OH is 1. The average molecular weight is 219 g/mol. The fraction of sp³-hybridized carbons (Fsp3) is 0.333. The third kappa shape index (κ3) is 3.71. The Balaban J connectivity index is 2.50. The minimum Gasteiger partial charge on any atom is -0.478 e. The van der Waals surface area contributed by atoms with Crippen molar-refractivity contribution in [2.24, 2.45) is 0 Å². The first kappa shape index (κ1) is 12.2. The second kappa shape index (κ2) is 5.89. The molecule has 84 valence electrons. The lowest BCUT2D eigenvalue weighted by Crippen LogP contribution is -2.06. The fourth-order valence-corrected chi connectivity index (χ4v) is 1.35. The van der Waals surface area contributed by atoms with E-state index in [1.54, 1.807) is 12.1 Å². The number of aliphatic hydroxyl groups is 1. The zero-order valence-corrected chi connectivity index (χ0v) is 8.76. The van der Waals surface area contributed by atoms with Gasteiger partial charge in [0.2, 0.25) is 0 Å². The van der Waals surface area contributed by atoms with Crippen molar-refractivity contribution in [2.45, 2.75) is 25.4 Å². The lowest BCUT2D eigenvalue weighted by atomic mass is 10.0. The average Bonchev–Trinajstić information content (AvgIpc) is 2.27. The Morgan fingerprint density at radius 1 is 1.38 bits per heavy atom. The first-order valence-electron chi connectivity index (χ1n) is 5.00. The molecule has 0 saturated heterocycles. The minimum absolute atomic E-state index is 0.132. The number of carboxylic acid groups (broad SMARTS) is 1. The van der Waals surface area contributed by atoms with Crippen molar-refractivity contribution in [2.75, 3.05) is 0 Å². The van der Waals surface area contributed by atoms with Crippen LogP contribution in [0.3, 0.4) is 0 Å². The van der Waals surface area contributed by atoms with Crippen LogP contribution >= 0.6 is 0 Å². The van der Waals surface area contributed by atoms with Crippen molar-refractivity contribution in [3.05, 3.63) is 35.4 Å². The summed E-state index contributed by atoms with van der Waals surface area (Å²) in [6.45, 7) is 0. The number of nitriles is 1. The van der Waals surface area contributed by atoms with E-state index >= 15 is 0 Å². The zero-order valence-electron chi connectivity index (χ0n) is 8.76. The Kier molecular flexibility index (Phi) is 4.49. The van der Waals surface area contributed by atoms with Crippen LogP contribution in [0.15, 0.2) is 24.3 Å². The van der Waals surface area contributed by atoms with Crippen LogP contribution in [0.1, 0.15) is 28.8 Å². The molecule has 1 aromatic carbocycles. The van der Waals surface area contributed by atoms with Crippen LogP contribution < -0.4 is 0 Å². The number of aromatic carboxylic acids is 1. The first-order chi connectivity index (χ1) is 7.63. The maximum absolute atomic E-state index is 10.6. The van der Waals surface area contributed by atoms with Crippen LogP contribution in [0.25, 0.3) is 0 Å². The number of rotatable bonds is 5. The summed E-state index contributed by atoms with van der Waals surface area (Å²) in [7, 11) is 0. The summed E-state index contributed by atoms with van der Waals surface area (Å²) in [6, 6.07) is 8.42. The Hall–Kier alpha value is -1.86. The SMILES string of the molecule is N#CCC(O)CCc1ccc(C(=O)O)cc1. The van der Waals surface area contributed by atoms with Crippen LogP contribution in [-0.4, -0.2) is 22.3 Å². The van der Waals surface area contributed by atoms with Gasteiger partial charge in [-0.2, -0.15) is 5.26 Å². The molecule has 1 aromatic rings. The van der Waals surface area contributed by atoms with Gasteiger partial charge in [-0.25, -0.2) is 4.79 Å². The second-order valence-corrected chi connectivity index (χ2v) is 3.56. The predicted octanol–water partition coefficient (Wildman–Crippen LogP) is 1.59. The summed E-state index contributed by atoms with van der Waals surface area (Å²) in [5.41, 5.74) is 1.21. The van der Waals surface area contributed by atoms with E-state index in [1.807, 2.05) is 6.07 Å². The van der Waals surface area contributed by atoms with Gasteiger partial charge in [-0.3, -0.25) is 0 Å². The molecule has 1 atom stereocenters. The third-order valence-electron chi connectivity index (χ3n) is 2.29. The van der Waals surface area contributed by atoms with E-state index in [0.29, 0.717) is 12.8 Å². The van der Waals surface area contributed by atoms with E-state index < -0.39 is 12.1 Å². The highest BCUT2D eigenvalue weighted by Gasteiger charge is 2.05. The van der Waals surface area contributed by atoms with Crippen molar-refractivity contribution >= 4 is 5.97 Å².